The zero-order valence-corrected chi connectivity index (χ0v) is 10.8. The minimum Gasteiger partial charge on any atom is -0.369 e. The first-order chi connectivity index (χ1) is 9.20. The smallest absolute Gasteiger partial charge is 0.369 e. The van der Waals surface area contributed by atoms with Crippen LogP contribution in [0.25, 0.3) is 0 Å². The Hall–Kier alpha value is -1.76. The number of carbonyl (C=O) groups is 2. The third-order valence-electron chi connectivity index (χ3n) is 3.10. The lowest BCUT2D eigenvalue weighted by atomic mass is 10.1. The van der Waals surface area contributed by atoms with Gasteiger partial charge < -0.3 is 10.6 Å². The van der Waals surface area contributed by atoms with Gasteiger partial charge in [-0.1, -0.05) is 11.6 Å². The molecule has 8 heteroatoms. The lowest BCUT2D eigenvalue weighted by Gasteiger charge is -2.18. The summed E-state index contributed by atoms with van der Waals surface area (Å²) in [5.74, 6) is -1.62. The number of halogens is 4. The molecule has 1 heterocycles. The average molecular weight is 307 g/mol. The average Bonchev–Trinajstić information content (AvgIpc) is 2.69. The highest BCUT2D eigenvalue weighted by molar-refractivity contribution is 6.31. The lowest BCUT2D eigenvalue weighted by molar-refractivity contribution is -0.137. The van der Waals surface area contributed by atoms with Crippen LogP contribution < -0.4 is 10.6 Å². The molecular weight excluding hydrogens is 297 g/mol. The molecule has 20 heavy (non-hydrogen) atoms. The number of rotatable bonds is 2. The van der Waals surface area contributed by atoms with E-state index in [1.165, 1.54) is 4.90 Å². The molecule has 4 nitrogen and oxygen atoms in total. The lowest BCUT2D eigenvalue weighted by Crippen LogP contribution is -2.28. The highest BCUT2D eigenvalue weighted by Gasteiger charge is 2.36. The first-order valence-electron chi connectivity index (χ1n) is 5.66. The van der Waals surface area contributed by atoms with Crippen molar-refractivity contribution in [3.63, 3.8) is 0 Å². The molecule has 1 aliphatic heterocycles. The molecule has 0 saturated carbocycles. The Kier molecular flexibility index (Phi) is 3.64. The molecule has 2 rings (SSSR count). The van der Waals surface area contributed by atoms with Crippen molar-refractivity contribution in [1.29, 1.82) is 0 Å². The van der Waals surface area contributed by atoms with Crippen LogP contribution in [0.1, 0.15) is 12.0 Å². The van der Waals surface area contributed by atoms with Crippen molar-refractivity contribution in [2.75, 3.05) is 11.4 Å². The molecule has 1 aliphatic rings. The summed E-state index contributed by atoms with van der Waals surface area (Å²) in [6, 6.07) is 3.02. The van der Waals surface area contributed by atoms with E-state index in [1.807, 2.05) is 0 Å². The first-order valence-corrected chi connectivity index (χ1v) is 6.04. The number of nitrogens with two attached hydrogens (primary N) is 1. The van der Waals surface area contributed by atoms with Crippen LogP contribution in [0.3, 0.4) is 0 Å². The summed E-state index contributed by atoms with van der Waals surface area (Å²) in [5.41, 5.74) is 4.37. The summed E-state index contributed by atoms with van der Waals surface area (Å²) in [6.07, 6.45) is -4.60. The number of benzene rings is 1. The summed E-state index contributed by atoms with van der Waals surface area (Å²) < 4.78 is 37.7. The van der Waals surface area contributed by atoms with Crippen LogP contribution in [0, 0.1) is 5.92 Å². The number of primary amides is 1. The number of alkyl halides is 3. The predicted molar refractivity (Wildman–Crippen MR) is 66.1 cm³/mol. The van der Waals surface area contributed by atoms with Gasteiger partial charge in [-0.15, -0.1) is 0 Å². The molecule has 0 aliphatic carbocycles. The molecule has 0 aromatic heterocycles. The summed E-state index contributed by atoms with van der Waals surface area (Å²) >= 11 is 5.59. The second-order valence-corrected chi connectivity index (χ2v) is 4.88. The highest BCUT2D eigenvalue weighted by atomic mass is 35.5. The first kappa shape index (κ1) is 14.6. The van der Waals surface area contributed by atoms with Crippen LogP contribution in [0.4, 0.5) is 18.9 Å². The number of nitrogens with zero attached hydrogens (tertiary/aromatic N) is 1. The fraction of sp³-hybridized carbons (Fsp3) is 0.333. The minimum absolute atomic E-state index is 0.0476. The van der Waals surface area contributed by atoms with Crippen molar-refractivity contribution in [3.05, 3.63) is 28.8 Å². The van der Waals surface area contributed by atoms with E-state index in [4.69, 9.17) is 17.3 Å². The van der Waals surface area contributed by atoms with E-state index in [0.29, 0.717) is 0 Å². The molecule has 0 spiro atoms. The topological polar surface area (TPSA) is 63.4 Å². The molecule has 2 amide bonds. The van der Waals surface area contributed by atoms with Gasteiger partial charge in [0.2, 0.25) is 11.8 Å². The number of hydrogen-bond acceptors (Lipinski definition) is 2. The second-order valence-electron chi connectivity index (χ2n) is 4.47. The molecule has 1 atom stereocenters. The predicted octanol–water partition coefficient (Wildman–Crippen LogP) is 2.20. The molecular formula is C12H10ClF3N2O2. The number of anilines is 1. The van der Waals surface area contributed by atoms with E-state index in [9.17, 15) is 22.8 Å². The standard InChI is InChI=1S/C12H10ClF3N2O2/c13-9-4-7(1-2-8(9)12(14,15)16)18-5-6(11(17)20)3-10(18)19/h1-2,4,6H,3,5H2,(H2,17,20). The Balaban J connectivity index is 2.29. The van der Waals surface area contributed by atoms with Gasteiger partial charge in [0, 0.05) is 18.7 Å². The maximum atomic E-state index is 12.6. The zero-order chi connectivity index (χ0) is 15.1. The van der Waals surface area contributed by atoms with E-state index in [0.717, 1.165) is 18.2 Å². The van der Waals surface area contributed by atoms with Crippen molar-refractivity contribution < 1.29 is 22.8 Å². The van der Waals surface area contributed by atoms with Crippen LogP contribution >= 0.6 is 11.6 Å². The molecule has 1 unspecified atom stereocenters. The third-order valence-corrected chi connectivity index (χ3v) is 3.41. The van der Waals surface area contributed by atoms with Crippen molar-refractivity contribution in [3.8, 4) is 0 Å². The minimum atomic E-state index is -4.56. The maximum absolute atomic E-state index is 12.6. The Morgan fingerprint density at radius 3 is 2.50 bits per heavy atom. The van der Waals surface area contributed by atoms with Crippen molar-refractivity contribution in [2.45, 2.75) is 12.6 Å². The molecule has 1 saturated heterocycles. The molecule has 0 radical (unpaired) electrons. The fourth-order valence-corrected chi connectivity index (χ4v) is 2.33. The summed E-state index contributed by atoms with van der Waals surface area (Å²) in [4.78, 5) is 24.0. The van der Waals surface area contributed by atoms with Crippen molar-refractivity contribution in [2.24, 2.45) is 11.7 Å². The Labute approximate surface area is 117 Å². The Morgan fingerprint density at radius 1 is 1.40 bits per heavy atom. The normalized spacial score (nSPS) is 19.5. The van der Waals surface area contributed by atoms with E-state index in [-0.39, 0.29) is 24.6 Å². The van der Waals surface area contributed by atoms with Gasteiger partial charge in [0.1, 0.15) is 0 Å². The van der Waals surface area contributed by atoms with E-state index < -0.39 is 28.6 Å². The Morgan fingerprint density at radius 2 is 2.05 bits per heavy atom. The maximum Gasteiger partial charge on any atom is 0.417 e. The van der Waals surface area contributed by atoms with Crippen LogP contribution in [0.2, 0.25) is 5.02 Å². The molecule has 1 fully saturated rings. The van der Waals surface area contributed by atoms with Crippen molar-refractivity contribution >= 4 is 29.1 Å². The van der Waals surface area contributed by atoms with Gasteiger partial charge in [0.15, 0.2) is 0 Å². The van der Waals surface area contributed by atoms with E-state index in [1.54, 1.807) is 0 Å². The second kappa shape index (κ2) is 4.97. The SMILES string of the molecule is NC(=O)C1CC(=O)N(c2ccc(C(F)(F)F)c(Cl)c2)C1. The van der Waals surface area contributed by atoms with Crippen LogP contribution in [0.15, 0.2) is 18.2 Å². The van der Waals surface area contributed by atoms with Gasteiger partial charge >= 0.3 is 6.18 Å². The zero-order valence-electron chi connectivity index (χ0n) is 10.1. The van der Waals surface area contributed by atoms with E-state index >= 15 is 0 Å². The van der Waals surface area contributed by atoms with E-state index in [2.05, 4.69) is 0 Å². The Bertz CT molecular complexity index is 574. The summed E-state index contributed by atoms with van der Waals surface area (Å²) in [5, 5.41) is -0.495. The molecule has 108 valence electrons. The monoisotopic (exact) mass is 306 g/mol. The van der Waals surface area contributed by atoms with Gasteiger partial charge in [-0.2, -0.15) is 13.2 Å². The molecule has 0 bridgehead atoms. The van der Waals surface area contributed by atoms with Gasteiger partial charge in [-0.05, 0) is 18.2 Å². The van der Waals surface area contributed by atoms with Crippen LogP contribution in [-0.4, -0.2) is 18.4 Å². The van der Waals surface area contributed by atoms with Gasteiger partial charge in [-0.25, -0.2) is 0 Å². The molecule has 1 aromatic rings. The van der Waals surface area contributed by atoms with Crippen LogP contribution in [0.5, 0.6) is 0 Å². The quantitative estimate of drug-likeness (QED) is 0.910. The largest absolute Gasteiger partial charge is 0.417 e. The molecule has 1 aromatic carbocycles. The fourth-order valence-electron chi connectivity index (χ4n) is 2.05. The number of amides is 2. The van der Waals surface area contributed by atoms with Crippen molar-refractivity contribution in [1.82, 2.24) is 0 Å². The summed E-state index contributed by atoms with van der Waals surface area (Å²) in [7, 11) is 0. The van der Waals surface area contributed by atoms with Gasteiger partial charge in [0.05, 0.1) is 16.5 Å². The number of carbonyl (C=O) groups excluding carboxylic acids is 2. The van der Waals surface area contributed by atoms with Gasteiger partial charge in [0.25, 0.3) is 0 Å². The summed E-state index contributed by atoms with van der Waals surface area (Å²) in [6.45, 7) is 0.0514. The van der Waals surface area contributed by atoms with Gasteiger partial charge in [-0.3, -0.25) is 9.59 Å². The van der Waals surface area contributed by atoms with Crippen LogP contribution in [-0.2, 0) is 15.8 Å². The third kappa shape index (κ3) is 2.72. The number of hydrogen-bond donors (Lipinski definition) is 1. The molecule has 2 N–H and O–H groups in total. The highest BCUT2D eigenvalue weighted by Crippen LogP contribution is 2.37.